The number of hydrazone groups is 1. The van der Waals surface area contributed by atoms with Gasteiger partial charge in [0.05, 0.1) is 5.54 Å². The molecule has 2 nitrogen and oxygen atoms in total. The summed E-state index contributed by atoms with van der Waals surface area (Å²) in [6, 6.07) is 0. The second-order valence-electron chi connectivity index (χ2n) is 13.0. The van der Waals surface area contributed by atoms with Crippen molar-refractivity contribution in [2.75, 3.05) is 6.54 Å². The van der Waals surface area contributed by atoms with Gasteiger partial charge in [0.25, 0.3) is 0 Å². The third-order valence-electron chi connectivity index (χ3n) is 9.96. The van der Waals surface area contributed by atoms with E-state index in [-0.39, 0.29) is 5.54 Å². The first-order valence-corrected chi connectivity index (χ1v) is 15.9. The number of nitrogens with zero attached hydrogens (tertiary/aromatic N) is 2. The van der Waals surface area contributed by atoms with E-state index in [1.54, 1.807) is 5.71 Å². The van der Waals surface area contributed by atoms with Crippen LogP contribution in [0.1, 0.15) is 169 Å². The molecule has 0 saturated heterocycles. The maximum atomic E-state index is 5.81. The predicted molar refractivity (Wildman–Crippen MR) is 151 cm³/mol. The van der Waals surface area contributed by atoms with Crippen LogP contribution in [0.25, 0.3) is 0 Å². The van der Waals surface area contributed by atoms with Crippen LogP contribution in [0.2, 0.25) is 0 Å². The molecule has 1 heterocycles. The molecular weight excluding hydrogens is 412 g/mol. The fourth-order valence-electron chi connectivity index (χ4n) is 7.60. The number of hydrogen-bond donors (Lipinski definition) is 0. The molecule has 198 valence electrons. The Morgan fingerprint density at radius 2 is 1.21 bits per heavy atom. The lowest BCUT2D eigenvalue weighted by atomic mass is 9.65. The van der Waals surface area contributed by atoms with E-state index >= 15 is 0 Å². The molecule has 3 aliphatic rings. The highest BCUT2D eigenvalue weighted by molar-refractivity contribution is 5.92. The van der Waals surface area contributed by atoms with Gasteiger partial charge >= 0.3 is 0 Å². The summed E-state index contributed by atoms with van der Waals surface area (Å²) in [5.41, 5.74) is 2.25. The van der Waals surface area contributed by atoms with E-state index < -0.39 is 0 Å². The average Bonchev–Trinajstić information content (AvgIpc) is 2.81. The Morgan fingerprint density at radius 1 is 0.676 bits per heavy atom. The van der Waals surface area contributed by atoms with Gasteiger partial charge in [0.15, 0.2) is 0 Å². The molecule has 0 N–H and O–H groups in total. The van der Waals surface area contributed by atoms with Gasteiger partial charge < -0.3 is 0 Å². The van der Waals surface area contributed by atoms with E-state index in [0.717, 1.165) is 11.8 Å². The Morgan fingerprint density at radius 3 is 1.74 bits per heavy atom. The van der Waals surface area contributed by atoms with Gasteiger partial charge in [-0.15, -0.1) is 0 Å². The van der Waals surface area contributed by atoms with Gasteiger partial charge in [0.1, 0.15) is 0 Å². The van der Waals surface area contributed by atoms with Crippen LogP contribution in [-0.2, 0) is 0 Å². The smallest absolute Gasteiger partial charge is 0.0551 e. The zero-order valence-electron chi connectivity index (χ0n) is 23.8. The average molecular weight is 473 g/mol. The fourth-order valence-corrected chi connectivity index (χ4v) is 7.60. The molecule has 0 radical (unpaired) electrons. The van der Waals surface area contributed by atoms with E-state index in [0.29, 0.717) is 5.41 Å². The van der Waals surface area contributed by atoms with Gasteiger partial charge in [0.2, 0.25) is 0 Å². The quantitative estimate of drug-likeness (QED) is 0.321. The minimum Gasteiger partial charge on any atom is -0.291 e. The highest BCUT2D eigenvalue weighted by atomic mass is 15.5. The Labute approximate surface area is 214 Å². The minimum absolute atomic E-state index is 0.265. The van der Waals surface area contributed by atoms with E-state index in [1.165, 1.54) is 148 Å². The van der Waals surface area contributed by atoms with Crippen LogP contribution in [0.4, 0.5) is 0 Å². The summed E-state index contributed by atoms with van der Waals surface area (Å²) in [4.78, 5) is 0. The summed E-state index contributed by atoms with van der Waals surface area (Å²) in [6.45, 7) is 11.2. The SMILES string of the molecule is CCCCCC1C(C2(C)CCCCCCC2)=NN(C2(C)CCCCCCCCC2)CC1CCC. The molecule has 1 aliphatic heterocycles. The molecule has 0 bridgehead atoms. The predicted octanol–water partition coefficient (Wildman–Crippen LogP) is 10.3. The molecule has 0 aromatic carbocycles. The summed E-state index contributed by atoms with van der Waals surface area (Å²) in [7, 11) is 0. The number of unbranched alkanes of at least 4 members (excludes halogenated alkanes) is 2. The lowest BCUT2D eigenvalue weighted by Crippen LogP contribution is -2.53. The number of hydrogen-bond acceptors (Lipinski definition) is 2. The standard InChI is InChI=1S/C32H60N2/c1-5-7-16-22-29-28(21-6-2)27-34(32(4)25-19-14-9-8-10-15-20-26-32)33-30(29)31(3)23-17-12-11-13-18-24-31/h28-29H,5-27H2,1-4H3. The van der Waals surface area contributed by atoms with Crippen molar-refractivity contribution in [2.45, 2.75) is 174 Å². The monoisotopic (exact) mass is 472 g/mol. The van der Waals surface area contributed by atoms with Gasteiger partial charge in [0, 0.05) is 23.6 Å². The van der Waals surface area contributed by atoms with Crippen molar-refractivity contribution >= 4 is 5.71 Å². The first kappa shape index (κ1) is 28.0. The molecule has 3 rings (SSSR count). The van der Waals surface area contributed by atoms with Crippen molar-refractivity contribution < 1.29 is 0 Å². The second-order valence-corrected chi connectivity index (χ2v) is 13.0. The molecule has 2 aliphatic carbocycles. The summed E-state index contributed by atoms with van der Waals surface area (Å²) in [5, 5.41) is 8.53. The van der Waals surface area contributed by atoms with E-state index in [9.17, 15) is 0 Å². The molecule has 2 fully saturated rings. The van der Waals surface area contributed by atoms with Gasteiger partial charge in [-0.05, 0) is 51.4 Å². The number of rotatable bonds is 8. The third kappa shape index (κ3) is 7.73. The molecule has 0 aromatic heterocycles. The Hall–Kier alpha value is -0.530. The lowest BCUT2D eigenvalue weighted by molar-refractivity contribution is 0.0392. The Balaban J connectivity index is 1.94. The highest BCUT2D eigenvalue weighted by Crippen LogP contribution is 2.45. The van der Waals surface area contributed by atoms with Crippen LogP contribution in [0.3, 0.4) is 0 Å². The lowest BCUT2D eigenvalue weighted by Gasteiger charge is -2.50. The molecule has 2 saturated carbocycles. The van der Waals surface area contributed by atoms with E-state index in [1.807, 2.05) is 0 Å². The molecule has 2 unspecified atom stereocenters. The fraction of sp³-hybridized carbons (Fsp3) is 0.969. The first-order valence-electron chi connectivity index (χ1n) is 15.9. The van der Waals surface area contributed by atoms with Crippen molar-refractivity contribution in [3.8, 4) is 0 Å². The maximum Gasteiger partial charge on any atom is 0.0551 e. The summed E-state index contributed by atoms with van der Waals surface area (Å²) in [6.07, 6.45) is 30.8. The topological polar surface area (TPSA) is 15.6 Å². The zero-order chi connectivity index (χ0) is 24.3. The summed E-state index contributed by atoms with van der Waals surface area (Å²) in [5.74, 6) is 1.54. The van der Waals surface area contributed by atoms with Gasteiger partial charge in [-0.2, -0.15) is 5.10 Å². The first-order chi connectivity index (χ1) is 16.5. The Bertz CT molecular complexity index is 576. The molecule has 0 aromatic rings. The normalized spacial score (nSPS) is 29.1. The molecule has 2 heteroatoms. The summed E-state index contributed by atoms with van der Waals surface area (Å²) < 4.78 is 0. The van der Waals surface area contributed by atoms with Crippen molar-refractivity contribution in [3.63, 3.8) is 0 Å². The highest BCUT2D eigenvalue weighted by Gasteiger charge is 2.44. The molecule has 0 spiro atoms. The van der Waals surface area contributed by atoms with Crippen LogP contribution in [-0.4, -0.2) is 22.8 Å². The van der Waals surface area contributed by atoms with Gasteiger partial charge in [-0.25, -0.2) is 0 Å². The van der Waals surface area contributed by atoms with E-state index in [4.69, 9.17) is 5.10 Å². The zero-order valence-corrected chi connectivity index (χ0v) is 23.8. The van der Waals surface area contributed by atoms with Crippen molar-refractivity contribution in [2.24, 2.45) is 22.4 Å². The van der Waals surface area contributed by atoms with Crippen LogP contribution >= 0.6 is 0 Å². The molecular formula is C32H60N2. The summed E-state index contributed by atoms with van der Waals surface area (Å²) >= 11 is 0. The minimum atomic E-state index is 0.265. The van der Waals surface area contributed by atoms with Crippen molar-refractivity contribution in [1.82, 2.24) is 5.01 Å². The van der Waals surface area contributed by atoms with E-state index in [2.05, 4.69) is 32.7 Å². The molecule has 34 heavy (non-hydrogen) atoms. The third-order valence-corrected chi connectivity index (χ3v) is 9.96. The van der Waals surface area contributed by atoms with Crippen LogP contribution in [0.5, 0.6) is 0 Å². The van der Waals surface area contributed by atoms with Crippen LogP contribution in [0, 0.1) is 17.3 Å². The van der Waals surface area contributed by atoms with Crippen molar-refractivity contribution in [1.29, 1.82) is 0 Å². The second kappa shape index (κ2) is 14.3. The molecule has 2 atom stereocenters. The molecule has 0 amide bonds. The van der Waals surface area contributed by atoms with Crippen LogP contribution in [0.15, 0.2) is 5.10 Å². The maximum absolute atomic E-state index is 5.81. The largest absolute Gasteiger partial charge is 0.291 e. The Kier molecular flexibility index (Phi) is 11.8. The van der Waals surface area contributed by atoms with Crippen molar-refractivity contribution in [3.05, 3.63) is 0 Å². The van der Waals surface area contributed by atoms with Gasteiger partial charge in [-0.3, -0.25) is 5.01 Å². The van der Waals surface area contributed by atoms with Crippen LogP contribution < -0.4 is 0 Å². The van der Waals surface area contributed by atoms with Gasteiger partial charge in [-0.1, -0.05) is 124 Å².